The van der Waals surface area contributed by atoms with Gasteiger partial charge < -0.3 is 4.42 Å². The Labute approximate surface area is 156 Å². The molecule has 0 aliphatic rings. The summed E-state index contributed by atoms with van der Waals surface area (Å²) in [6, 6.07) is 6.01. The van der Waals surface area contributed by atoms with E-state index >= 15 is 0 Å². The van der Waals surface area contributed by atoms with E-state index in [0.717, 1.165) is 18.2 Å². The Bertz CT molecular complexity index is 1180. The zero-order valence-corrected chi connectivity index (χ0v) is 15.2. The summed E-state index contributed by atoms with van der Waals surface area (Å²) in [5.41, 5.74) is -1.02. The van der Waals surface area contributed by atoms with Crippen molar-refractivity contribution in [3.05, 3.63) is 57.5 Å². The zero-order chi connectivity index (χ0) is 20.0. The predicted molar refractivity (Wildman–Crippen MR) is 93.4 cm³/mol. The maximum absolute atomic E-state index is 12.8. The smallest absolute Gasteiger partial charge is 0.408 e. The molecule has 3 aromatic rings. The summed E-state index contributed by atoms with van der Waals surface area (Å²) >= 11 is 5.82. The fraction of sp³-hybridized carbons (Fsp3) is 0.188. The zero-order valence-electron chi connectivity index (χ0n) is 13.7. The van der Waals surface area contributed by atoms with Crippen LogP contribution in [0.5, 0.6) is 0 Å². The number of hydrogen-bond donors (Lipinski definition) is 1. The van der Waals surface area contributed by atoms with Gasteiger partial charge in [0.1, 0.15) is 0 Å². The first kappa shape index (κ1) is 19.3. The van der Waals surface area contributed by atoms with Crippen molar-refractivity contribution in [3.8, 4) is 0 Å². The van der Waals surface area contributed by atoms with Crippen molar-refractivity contribution in [2.24, 2.45) is 0 Å². The molecular formula is C16H12ClF3N2O4S. The van der Waals surface area contributed by atoms with E-state index in [2.05, 4.69) is 0 Å². The molecule has 3 rings (SSSR count). The monoisotopic (exact) mass is 420 g/mol. The first-order valence-electron chi connectivity index (χ1n) is 7.56. The third-order valence-electron chi connectivity index (χ3n) is 3.80. The SMILES string of the molecule is CCn1c(=O)oc2cc(S(=O)(=O)Nc3cc(C(F)(F)F)ccc3Cl)ccc21. The Morgan fingerprint density at radius 3 is 2.52 bits per heavy atom. The predicted octanol–water partition coefficient (Wildman–Crippen LogP) is 4.09. The lowest BCUT2D eigenvalue weighted by atomic mass is 10.2. The van der Waals surface area contributed by atoms with Crippen LogP contribution in [0.25, 0.3) is 11.1 Å². The fourth-order valence-electron chi connectivity index (χ4n) is 2.50. The normalized spacial score (nSPS) is 12.5. The molecule has 1 N–H and O–H groups in total. The highest BCUT2D eigenvalue weighted by Crippen LogP contribution is 2.34. The number of oxazole rings is 1. The van der Waals surface area contributed by atoms with Crippen LogP contribution in [-0.2, 0) is 22.7 Å². The van der Waals surface area contributed by atoms with Crippen LogP contribution in [0.2, 0.25) is 5.02 Å². The summed E-state index contributed by atoms with van der Waals surface area (Å²) < 4.78 is 71.9. The van der Waals surface area contributed by atoms with Crippen molar-refractivity contribution in [3.63, 3.8) is 0 Å². The van der Waals surface area contributed by atoms with Gasteiger partial charge in [0, 0.05) is 12.6 Å². The molecule has 0 radical (unpaired) electrons. The van der Waals surface area contributed by atoms with Crippen LogP contribution in [0.3, 0.4) is 0 Å². The minimum absolute atomic E-state index is 0.0415. The lowest BCUT2D eigenvalue weighted by molar-refractivity contribution is -0.137. The second-order valence-electron chi connectivity index (χ2n) is 5.54. The average molecular weight is 421 g/mol. The Morgan fingerprint density at radius 1 is 1.19 bits per heavy atom. The first-order valence-corrected chi connectivity index (χ1v) is 9.42. The summed E-state index contributed by atoms with van der Waals surface area (Å²) in [4.78, 5) is 11.4. The van der Waals surface area contributed by atoms with Gasteiger partial charge in [-0.1, -0.05) is 11.6 Å². The summed E-state index contributed by atoms with van der Waals surface area (Å²) in [7, 11) is -4.27. The van der Waals surface area contributed by atoms with Gasteiger partial charge in [-0.05, 0) is 37.3 Å². The molecule has 0 atom stereocenters. The second-order valence-corrected chi connectivity index (χ2v) is 7.63. The number of halogens is 4. The molecule has 0 fully saturated rings. The Hall–Kier alpha value is -2.46. The number of nitrogens with zero attached hydrogens (tertiary/aromatic N) is 1. The highest BCUT2D eigenvalue weighted by atomic mass is 35.5. The lowest BCUT2D eigenvalue weighted by Crippen LogP contribution is -2.14. The van der Waals surface area contributed by atoms with Gasteiger partial charge in [0.25, 0.3) is 10.0 Å². The maximum Gasteiger partial charge on any atom is 0.419 e. The number of alkyl halides is 3. The molecule has 1 heterocycles. The number of fused-ring (bicyclic) bond motifs is 1. The van der Waals surface area contributed by atoms with E-state index in [0.29, 0.717) is 18.1 Å². The molecule has 0 aliphatic heterocycles. The van der Waals surface area contributed by atoms with Crippen LogP contribution in [0.15, 0.2) is 50.5 Å². The summed E-state index contributed by atoms with van der Waals surface area (Å²) in [5, 5.41) is -0.198. The maximum atomic E-state index is 12.8. The third-order valence-corrected chi connectivity index (χ3v) is 5.50. The minimum Gasteiger partial charge on any atom is -0.408 e. The molecule has 2 aromatic carbocycles. The van der Waals surface area contributed by atoms with Gasteiger partial charge in [0.05, 0.1) is 26.7 Å². The summed E-state index contributed by atoms with van der Waals surface area (Å²) in [5.74, 6) is -0.643. The number of benzene rings is 2. The molecule has 0 amide bonds. The molecule has 0 spiro atoms. The molecule has 144 valence electrons. The minimum atomic E-state index is -4.66. The highest BCUT2D eigenvalue weighted by Gasteiger charge is 2.31. The lowest BCUT2D eigenvalue weighted by Gasteiger charge is -2.13. The van der Waals surface area contributed by atoms with E-state index in [9.17, 15) is 26.4 Å². The van der Waals surface area contributed by atoms with E-state index in [-0.39, 0.29) is 15.5 Å². The molecule has 0 saturated carbocycles. The Balaban J connectivity index is 2.03. The molecular weight excluding hydrogens is 409 g/mol. The van der Waals surface area contributed by atoms with Gasteiger partial charge >= 0.3 is 11.9 Å². The Morgan fingerprint density at radius 2 is 1.89 bits per heavy atom. The Kier molecular flexibility index (Phi) is 4.73. The molecule has 0 aliphatic carbocycles. The number of sulfonamides is 1. The van der Waals surface area contributed by atoms with Gasteiger partial charge in [-0.3, -0.25) is 9.29 Å². The van der Waals surface area contributed by atoms with Gasteiger partial charge in [-0.25, -0.2) is 13.2 Å². The molecule has 0 bridgehead atoms. The number of hydrogen-bond acceptors (Lipinski definition) is 4. The quantitative estimate of drug-likeness (QED) is 0.689. The molecule has 0 saturated heterocycles. The van der Waals surface area contributed by atoms with Crippen molar-refractivity contribution in [2.75, 3.05) is 4.72 Å². The van der Waals surface area contributed by atoms with Crippen molar-refractivity contribution >= 4 is 38.4 Å². The second kappa shape index (κ2) is 6.61. The standard InChI is InChI=1S/C16H12ClF3N2O4S/c1-2-22-13-6-4-10(8-14(13)26-15(22)23)27(24,25)21-12-7-9(16(18,19)20)3-5-11(12)17/h3-8,21H,2H2,1H3. The topological polar surface area (TPSA) is 81.3 Å². The molecule has 6 nitrogen and oxygen atoms in total. The molecule has 1 aromatic heterocycles. The molecule has 11 heteroatoms. The van der Waals surface area contributed by atoms with Crippen molar-refractivity contribution in [1.29, 1.82) is 0 Å². The number of anilines is 1. The van der Waals surface area contributed by atoms with Gasteiger partial charge in [-0.15, -0.1) is 0 Å². The van der Waals surface area contributed by atoms with Crippen LogP contribution < -0.4 is 10.5 Å². The largest absolute Gasteiger partial charge is 0.419 e. The van der Waals surface area contributed by atoms with E-state index in [1.54, 1.807) is 6.92 Å². The van der Waals surface area contributed by atoms with E-state index < -0.39 is 33.2 Å². The van der Waals surface area contributed by atoms with Gasteiger partial charge in [0.15, 0.2) is 5.58 Å². The third kappa shape index (κ3) is 3.67. The van der Waals surface area contributed by atoms with E-state index in [4.69, 9.17) is 16.0 Å². The highest BCUT2D eigenvalue weighted by molar-refractivity contribution is 7.92. The van der Waals surface area contributed by atoms with Crippen LogP contribution in [0.4, 0.5) is 18.9 Å². The number of aryl methyl sites for hydroxylation is 1. The van der Waals surface area contributed by atoms with Gasteiger partial charge in [-0.2, -0.15) is 13.2 Å². The van der Waals surface area contributed by atoms with Crippen LogP contribution in [0.1, 0.15) is 12.5 Å². The average Bonchev–Trinajstić information content (AvgIpc) is 2.89. The summed E-state index contributed by atoms with van der Waals surface area (Å²) in [6.45, 7) is 2.05. The van der Waals surface area contributed by atoms with Crippen molar-refractivity contribution in [1.82, 2.24) is 4.57 Å². The molecule has 27 heavy (non-hydrogen) atoms. The van der Waals surface area contributed by atoms with Crippen molar-refractivity contribution < 1.29 is 26.0 Å². The summed E-state index contributed by atoms with van der Waals surface area (Å²) in [6.07, 6.45) is -4.66. The molecule has 0 unspecified atom stereocenters. The van der Waals surface area contributed by atoms with Crippen LogP contribution >= 0.6 is 11.6 Å². The number of aromatic nitrogens is 1. The first-order chi connectivity index (χ1) is 12.5. The van der Waals surface area contributed by atoms with E-state index in [1.165, 1.54) is 16.7 Å². The van der Waals surface area contributed by atoms with Crippen LogP contribution in [0, 0.1) is 0 Å². The van der Waals surface area contributed by atoms with Crippen LogP contribution in [-0.4, -0.2) is 13.0 Å². The number of nitrogens with one attached hydrogen (secondary N) is 1. The fourth-order valence-corrected chi connectivity index (χ4v) is 3.80. The number of rotatable bonds is 4. The van der Waals surface area contributed by atoms with Crippen molar-refractivity contribution in [2.45, 2.75) is 24.5 Å². The van der Waals surface area contributed by atoms with Gasteiger partial charge in [0.2, 0.25) is 0 Å². The van der Waals surface area contributed by atoms with E-state index in [1.807, 2.05) is 4.72 Å².